The van der Waals surface area contributed by atoms with Crippen LogP contribution in [0, 0.1) is 5.92 Å². The third-order valence-corrected chi connectivity index (χ3v) is 5.72. The number of ether oxygens (including phenoxy) is 1. The van der Waals surface area contributed by atoms with Crippen molar-refractivity contribution >= 4 is 12.0 Å². The lowest BCUT2D eigenvalue weighted by molar-refractivity contribution is -0.139. The number of rotatable bonds is 4. The summed E-state index contributed by atoms with van der Waals surface area (Å²) in [7, 11) is 0. The van der Waals surface area contributed by atoms with Crippen LogP contribution in [0.5, 0.6) is 0 Å². The maximum absolute atomic E-state index is 13.8. The van der Waals surface area contributed by atoms with E-state index in [1.165, 1.54) is 4.90 Å². The van der Waals surface area contributed by atoms with E-state index in [0.29, 0.717) is 19.4 Å². The molecule has 1 aliphatic rings. The maximum atomic E-state index is 13.8. The lowest BCUT2D eigenvalue weighted by Gasteiger charge is -2.34. The van der Waals surface area contributed by atoms with Crippen LogP contribution in [0.1, 0.15) is 62.0 Å². The van der Waals surface area contributed by atoms with Crippen molar-refractivity contribution in [2.75, 3.05) is 13.1 Å². The Bertz CT molecular complexity index is 1110. The van der Waals surface area contributed by atoms with Crippen molar-refractivity contribution in [3.63, 3.8) is 0 Å². The van der Waals surface area contributed by atoms with Gasteiger partial charge in [0.05, 0.1) is 28.8 Å². The molecule has 2 atom stereocenters. The van der Waals surface area contributed by atoms with Gasteiger partial charge in [0, 0.05) is 19.3 Å². The van der Waals surface area contributed by atoms with Gasteiger partial charge in [0.2, 0.25) is 5.91 Å². The number of nitrogens with one attached hydrogen (secondary N) is 1. The molecule has 1 unspecified atom stereocenters. The molecule has 202 valence electrons. The normalized spacial score (nSPS) is 17.8. The van der Waals surface area contributed by atoms with E-state index in [1.54, 1.807) is 20.8 Å². The second-order valence-corrected chi connectivity index (χ2v) is 9.76. The highest BCUT2D eigenvalue weighted by Crippen LogP contribution is 2.37. The Morgan fingerprint density at radius 3 is 2.24 bits per heavy atom. The quantitative estimate of drug-likeness (QED) is 0.494. The molecule has 0 spiro atoms. The number of benzene rings is 1. The van der Waals surface area contributed by atoms with E-state index < -0.39 is 58.7 Å². The van der Waals surface area contributed by atoms with Crippen LogP contribution >= 0.6 is 0 Å². The van der Waals surface area contributed by atoms with Crippen molar-refractivity contribution in [1.82, 2.24) is 15.2 Å². The molecular formula is C25H27F6N3O3. The monoisotopic (exact) mass is 531 g/mol. The van der Waals surface area contributed by atoms with Gasteiger partial charge in [0.1, 0.15) is 5.60 Å². The fourth-order valence-corrected chi connectivity index (χ4v) is 4.00. The number of alkyl halides is 6. The molecule has 1 N–H and O–H groups in total. The highest BCUT2D eigenvalue weighted by molar-refractivity contribution is 5.81. The van der Waals surface area contributed by atoms with Gasteiger partial charge in [-0.15, -0.1) is 0 Å². The van der Waals surface area contributed by atoms with Gasteiger partial charge in [-0.3, -0.25) is 9.78 Å². The summed E-state index contributed by atoms with van der Waals surface area (Å²) >= 11 is 0. The van der Waals surface area contributed by atoms with Crippen molar-refractivity contribution < 1.29 is 40.7 Å². The summed E-state index contributed by atoms with van der Waals surface area (Å²) < 4.78 is 85.7. The Labute approximate surface area is 210 Å². The number of hydrogen-bond donors (Lipinski definition) is 1. The Balaban J connectivity index is 1.92. The minimum Gasteiger partial charge on any atom is -0.444 e. The maximum Gasteiger partial charge on any atom is 0.418 e. The second-order valence-electron chi connectivity index (χ2n) is 9.76. The zero-order chi connectivity index (χ0) is 27.6. The number of aromatic nitrogens is 1. The molecule has 0 saturated carbocycles. The molecule has 1 fully saturated rings. The molecule has 12 heteroatoms. The molecule has 0 bridgehead atoms. The van der Waals surface area contributed by atoms with Gasteiger partial charge in [-0.05, 0) is 63.4 Å². The first-order valence-corrected chi connectivity index (χ1v) is 11.5. The Morgan fingerprint density at radius 2 is 1.68 bits per heavy atom. The number of likely N-dealkylation sites (tertiary alicyclic amines) is 1. The smallest absolute Gasteiger partial charge is 0.418 e. The molecular weight excluding hydrogens is 504 g/mol. The SMILES string of the molecule is CC(C)(C)OC(=O)N1CCCC(C(=O)N[C@@H](c2ccc(C(F)(F)F)cc2)c2ncccc2C(F)(F)F)C1. The van der Waals surface area contributed by atoms with E-state index in [-0.39, 0.29) is 12.1 Å². The van der Waals surface area contributed by atoms with E-state index in [0.717, 1.165) is 42.6 Å². The number of carbonyl (C=O) groups is 2. The predicted molar refractivity (Wildman–Crippen MR) is 121 cm³/mol. The molecule has 1 saturated heterocycles. The topological polar surface area (TPSA) is 71.5 Å². The van der Waals surface area contributed by atoms with Crippen LogP contribution in [0.15, 0.2) is 42.6 Å². The number of hydrogen-bond acceptors (Lipinski definition) is 4. The average Bonchev–Trinajstić information content (AvgIpc) is 2.80. The third-order valence-electron chi connectivity index (χ3n) is 5.72. The molecule has 3 rings (SSSR count). The summed E-state index contributed by atoms with van der Waals surface area (Å²) in [6.45, 7) is 5.41. The summed E-state index contributed by atoms with van der Waals surface area (Å²) in [6, 6.07) is 3.87. The van der Waals surface area contributed by atoms with Crippen LogP contribution in [-0.2, 0) is 21.9 Å². The predicted octanol–water partition coefficient (Wildman–Crippen LogP) is 5.97. The number of piperidine rings is 1. The highest BCUT2D eigenvalue weighted by Gasteiger charge is 2.39. The van der Waals surface area contributed by atoms with E-state index >= 15 is 0 Å². The van der Waals surface area contributed by atoms with Gasteiger partial charge in [-0.1, -0.05) is 12.1 Å². The molecule has 2 aromatic rings. The van der Waals surface area contributed by atoms with Crippen LogP contribution < -0.4 is 5.32 Å². The van der Waals surface area contributed by atoms with Crippen molar-refractivity contribution in [2.24, 2.45) is 5.92 Å². The summed E-state index contributed by atoms with van der Waals surface area (Å²) in [5.41, 5.74) is -3.43. The van der Waals surface area contributed by atoms with E-state index in [4.69, 9.17) is 4.74 Å². The van der Waals surface area contributed by atoms with E-state index in [9.17, 15) is 35.9 Å². The molecule has 1 aliphatic heterocycles. The largest absolute Gasteiger partial charge is 0.444 e. The van der Waals surface area contributed by atoms with Crippen molar-refractivity contribution in [3.8, 4) is 0 Å². The third kappa shape index (κ3) is 7.36. The molecule has 0 aliphatic carbocycles. The molecule has 1 aromatic heterocycles. The van der Waals surface area contributed by atoms with Crippen LogP contribution in [0.2, 0.25) is 0 Å². The first-order chi connectivity index (χ1) is 17.1. The zero-order valence-corrected chi connectivity index (χ0v) is 20.4. The van der Waals surface area contributed by atoms with Crippen molar-refractivity contribution in [2.45, 2.75) is 57.6 Å². The van der Waals surface area contributed by atoms with Gasteiger partial charge in [-0.2, -0.15) is 26.3 Å². The van der Waals surface area contributed by atoms with Crippen LogP contribution in [0.4, 0.5) is 31.1 Å². The van der Waals surface area contributed by atoms with Crippen LogP contribution in [0.3, 0.4) is 0 Å². The van der Waals surface area contributed by atoms with Gasteiger partial charge in [-0.25, -0.2) is 4.79 Å². The minimum atomic E-state index is -4.82. The molecule has 0 radical (unpaired) electrons. The van der Waals surface area contributed by atoms with Crippen LogP contribution in [-0.4, -0.2) is 40.6 Å². The zero-order valence-electron chi connectivity index (χ0n) is 20.4. The Hall–Kier alpha value is -3.31. The first kappa shape index (κ1) is 28.3. The van der Waals surface area contributed by atoms with Gasteiger partial charge in [0.25, 0.3) is 0 Å². The first-order valence-electron chi connectivity index (χ1n) is 11.5. The summed E-state index contributed by atoms with van der Waals surface area (Å²) in [5, 5.41) is 2.54. The molecule has 1 aromatic carbocycles. The number of halogens is 6. The highest BCUT2D eigenvalue weighted by atomic mass is 19.4. The molecule has 6 nitrogen and oxygen atoms in total. The number of amides is 2. The van der Waals surface area contributed by atoms with Gasteiger partial charge >= 0.3 is 18.4 Å². The molecule has 2 amide bonds. The molecule has 2 heterocycles. The fourth-order valence-electron chi connectivity index (χ4n) is 4.00. The lowest BCUT2D eigenvalue weighted by Crippen LogP contribution is -2.47. The van der Waals surface area contributed by atoms with Gasteiger partial charge in [0.15, 0.2) is 0 Å². The number of pyridine rings is 1. The minimum absolute atomic E-state index is 0.00893. The summed E-state index contributed by atoms with van der Waals surface area (Å²) in [4.78, 5) is 30.9. The summed E-state index contributed by atoms with van der Waals surface area (Å²) in [6.07, 6.45) is -8.16. The Kier molecular flexibility index (Phi) is 8.09. The fraction of sp³-hybridized carbons (Fsp3) is 0.480. The van der Waals surface area contributed by atoms with Crippen molar-refractivity contribution in [3.05, 3.63) is 65.0 Å². The van der Waals surface area contributed by atoms with Crippen LogP contribution in [0.25, 0.3) is 0 Å². The average molecular weight is 531 g/mol. The van der Waals surface area contributed by atoms with E-state index in [2.05, 4.69) is 10.3 Å². The number of carbonyl (C=O) groups excluding carboxylic acids is 2. The lowest BCUT2D eigenvalue weighted by atomic mass is 9.94. The molecule has 37 heavy (non-hydrogen) atoms. The van der Waals surface area contributed by atoms with E-state index in [1.807, 2.05) is 0 Å². The second kappa shape index (κ2) is 10.6. The Morgan fingerprint density at radius 1 is 1.03 bits per heavy atom. The summed E-state index contributed by atoms with van der Waals surface area (Å²) in [5.74, 6) is -1.42. The van der Waals surface area contributed by atoms with Crippen molar-refractivity contribution in [1.29, 1.82) is 0 Å². The standard InChI is InChI=1S/C25H27F6N3O3/c1-23(2,3)37-22(36)34-13-5-6-16(14-34)21(35)33-19(15-8-10-17(11-9-15)24(26,27)28)20-18(25(29,30)31)7-4-12-32-20/h4,7-12,16,19H,5-6,13-14H2,1-3H3,(H,33,35)/t16?,19-/m0/s1. The van der Waals surface area contributed by atoms with Gasteiger partial charge < -0.3 is 15.0 Å². The number of nitrogens with zero attached hydrogens (tertiary/aromatic N) is 2.